The number of hydrogen-bond donors (Lipinski definition) is 3. The Morgan fingerprint density at radius 3 is 2.26 bits per heavy atom. The largest absolute Gasteiger partial charge is 0.361 e. The fourth-order valence-corrected chi connectivity index (χ4v) is 5.72. The summed E-state index contributed by atoms with van der Waals surface area (Å²) in [6, 6.07) is 17.0. The number of aromatic amines is 1. The standard InChI is InChI=1S/C25H16Cl5N3O2/c26-14-7-13(8-15(27)9-14)21-22(25(21,29)30)24(35)33-16-3-4-19(28)18(10-16)23(34)32-17-2-1-12-5-6-31-20(12)11-17/h1-11,21-22,31H,(H,32,34)(H,33,35)/t21-,22+/m0/s1. The van der Waals surface area contributed by atoms with Gasteiger partial charge in [-0.2, -0.15) is 0 Å². The molecule has 178 valence electrons. The van der Waals surface area contributed by atoms with Crippen molar-refractivity contribution >= 4 is 92.1 Å². The van der Waals surface area contributed by atoms with E-state index in [1.807, 2.05) is 24.4 Å². The normalized spacial score (nSPS) is 18.3. The molecule has 35 heavy (non-hydrogen) atoms. The zero-order valence-corrected chi connectivity index (χ0v) is 21.5. The molecule has 2 atom stereocenters. The minimum absolute atomic E-state index is 0.202. The fraction of sp³-hybridized carbons (Fsp3) is 0.120. The Labute approximate surface area is 225 Å². The summed E-state index contributed by atoms with van der Waals surface area (Å²) in [5, 5.41) is 7.71. The van der Waals surface area contributed by atoms with Gasteiger partial charge in [-0.25, -0.2) is 0 Å². The summed E-state index contributed by atoms with van der Waals surface area (Å²) in [5.74, 6) is -2.04. The maximum atomic E-state index is 13.0. The Bertz CT molecular complexity index is 1460. The van der Waals surface area contributed by atoms with E-state index in [0.717, 1.165) is 10.9 Å². The number of aromatic nitrogens is 1. The van der Waals surface area contributed by atoms with Crippen molar-refractivity contribution in [3.63, 3.8) is 0 Å². The van der Waals surface area contributed by atoms with E-state index in [2.05, 4.69) is 15.6 Å². The number of benzene rings is 3. The third-order valence-electron chi connectivity index (χ3n) is 5.87. The third kappa shape index (κ3) is 4.84. The highest BCUT2D eigenvalue weighted by atomic mass is 35.5. The van der Waals surface area contributed by atoms with Gasteiger partial charge in [0.15, 0.2) is 0 Å². The first kappa shape index (κ1) is 24.3. The molecule has 0 radical (unpaired) electrons. The smallest absolute Gasteiger partial charge is 0.257 e. The summed E-state index contributed by atoms with van der Waals surface area (Å²) in [6.45, 7) is 0. The molecule has 3 N–H and O–H groups in total. The average Bonchev–Trinajstić information content (AvgIpc) is 3.11. The molecule has 10 heteroatoms. The first-order valence-corrected chi connectivity index (χ1v) is 12.3. The van der Waals surface area contributed by atoms with Gasteiger partial charge in [0.1, 0.15) is 4.33 Å². The molecule has 5 rings (SSSR count). The van der Waals surface area contributed by atoms with Crippen molar-refractivity contribution in [2.75, 3.05) is 10.6 Å². The molecule has 1 aliphatic carbocycles. The Kier molecular flexibility index (Phi) is 6.41. The SMILES string of the molecule is O=C(Nc1ccc2cc[nH]c2c1)c1cc(NC(=O)[C@H]2[C@H](c3cc(Cl)cc(Cl)c3)C2(Cl)Cl)ccc1Cl. The number of nitrogens with one attached hydrogen (secondary N) is 3. The van der Waals surface area contributed by atoms with Crippen LogP contribution in [0, 0.1) is 5.92 Å². The van der Waals surface area contributed by atoms with Crippen molar-refractivity contribution in [3.8, 4) is 0 Å². The van der Waals surface area contributed by atoms with Gasteiger partial charge in [0.25, 0.3) is 5.91 Å². The van der Waals surface area contributed by atoms with E-state index >= 15 is 0 Å². The molecule has 0 spiro atoms. The Morgan fingerprint density at radius 2 is 1.51 bits per heavy atom. The Hall–Kier alpha value is -2.41. The molecule has 0 bridgehead atoms. The van der Waals surface area contributed by atoms with Gasteiger partial charge in [-0.05, 0) is 65.5 Å². The molecular formula is C25H16Cl5N3O2. The van der Waals surface area contributed by atoms with E-state index in [1.165, 1.54) is 12.1 Å². The molecule has 4 aromatic rings. The van der Waals surface area contributed by atoms with Crippen LogP contribution in [0.1, 0.15) is 21.8 Å². The van der Waals surface area contributed by atoms with Crippen LogP contribution in [0.25, 0.3) is 10.9 Å². The van der Waals surface area contributed by atoms with E-state index in [9.17, 15) is 9.59 Å². The summed E-state index contributed by atoms with van der Waals surface area (Å²) >= 11 is 31.3. The zero-order valence-electron chi connectivity index (χ0n) is 17.7. The van der Waals surface area contributed by atoms with Crippen LogP contribution in [0.5, 0.6) is 0 Å². The predicted molar refractivity (Wildman–Crippen MR) is 143 cm³/mol. The summed E-state index contributed by atoms with van der Waals surface area (Å²) in [4.78, 5) is 29.0. The highest BCUT2D eigenvalue weighted by Gasteiger charge is 2.67. The number of carbonyl (C=O) groups excluding carboxylic acids is 2. The van der Waals surface area contributed by atoms with Crippen LogP contribution in [0.15, 0.2) is 66.9 Å². The molecule has 3 aromatic carbocycles. The highest BCUT2D eigenvalue weighted by molar-refractivity contribution is 6.53. The second kappa shape index (κ2) is 9.23. The molecular weight excluding hydrogens is 552 g/mol. The van der Waals surface area contributed by atoms with Crippen molar-refractivity contribution in [2.45, 2.75) is 10.3 Å². The number of H-pyrrole nitrogens is 1. The molecule has 0 unspecified atom stereocenters. The predicted octanol–water partition coefficient (Wildman–Crippen LogP) is 7.91. The van der Waals surface area contributed by atoms with Crippen LogP contribution in [-0.2, 0) is 4.79 Å². The van der Waals surface area contributed by atoms with Crippen LogP contribution in [-0.4, -0.2) is 21.1 Å². The van der Waals surface area contributed by atoms with Gasteiger partial charge in [0, 0.05) is 39.1 Å². The van der Waals surface area contributed by atoms with Gasteiger partial charge in [-0.3, -0.25) is 9.59 Å². The summed E-state index contributed by atoms with van der Waals surface area (Å²) < 4.78 is -1.32. The van der Waals surface area contributed by atoms with Gasteiger partial charge in [0.2, 0.25) is 5.91 Å². The van der Waals surface area contributed by atoms with E-state index < -0.39 is 28.0 Å². The number of carbonyl (C=O) groups is 2. The van der Waals surface area contributed by atoms with Gasteiger partial charge in [-0.1, -0.05) is 40.9 Å². The van der Waals surface area contributed by atoms with E-state index in [1.54, 1.807) is 30.3 Å². The van der Waals surface area contributed by atoms with Crippen LogP contribution in [0.2, 0.25) is 15.1 Å². The van der Waals surface area contributed by atoms with E-state index in [0.29, 0.717) is 27.0 Å². The Balaban J connectivity index is 1.33. The van der Waals surface area contributed by atoms with Crippen LogP contribution < -0.4 is 10.6 Å². The molecule has 1 aliphatic rings. The molecule has 5 nitrogen and oxygen atoms in total. The lowest BCUT2D eigenvalue weighted by Crippen LogP contribution is -2.18. The minimum Gasteiger partial charge on any atom is -0.361 e. The molecule has 1 aromatic heterocycles. The van der Waals surface area contributed by atoms with E-state index in [4.69, 9.17) is 58.0 Å². The average molecular weight is 568 g/mol. The second-order valence-corrected chi connectivity index (χ2v) is 11.0. The number of anilines is 2. The maximum Gasteiger partial charge on any atom is 0.257 e. The monoisotopic (exact) mass is 565 g/mol. The van der Waals surface area contributed by atoms with Gasteiger partial charge >= 0.3 is 0 Å². The molecule has 0 saturated heterocycles. The van der Waals surface area contributed by atoms with Crippen molar-refractivity contribution in [3.05, 3.63) is 93.1 Å². The van der Waals surface area contributed by atoms with Gasteiger partial charge < -0.3 is 15.6 Å². The highest BCUT2D eigenvalue weighted by Crippen LogP contribution is 2.65. The van der Waals surface area contributed by atoms with Crippen LogP contribution in [0.3, 0.4) is 0 Å². The lowest BCUT2D eigenvalue weighted by molar-refractivity contribution is -0.117. The molecule has 2 amide bonds. The molecule has 1 saturated carbocycles. The molecule has 1 fully saturated rings. The zero-order chi connectivity index (χ0) is 24.9. The topological polar surface area (TPSA) is 74.0 Å². The lowest BCUT2D eigenvalue weighted by Gasteiger charge is -2.10. The first-order valence-electron chi connectivity index (χ1n) is 10.5. The van der Waals surface area contributed by atoms with Gasteiger partial charge in [-0.15, -0.1) is 23.2 Å². The third-order valence-corrected chi connectivity index (χ3v) is 7.58. The number of rotatable bonds is 5. The molecule has 0 aliphatic heterocycles. The van der Waals surface area contributed by atoms with Crippen molar-refractivity contribution in [1.82, 2.24) is 4.98 Å². The second-order valence-electron chi connectivity index (χ2n) is 8.25. The number of hydrogen-bond acceptors (Lipinski definition) is 2. The number of alkyl halides is 2. The first-order chi connectivity index (χ1) is 16.6. The van der Waals surface area contributed by atoms with Gasteiger partial charge in [0.05, 0.1) is 16.5 Å². The van der Waals surface area contributed by atoms with Crippen LogP contribution >= 0.6 is 58.0 Å². The maximum absolute atomic E-state index is 13.0. The van der Waals surface area contributed by atoms with Crippen LogP contribution in [0.4, 0.5) is 11.4 Å². The minimum atomic E-state index is -1.32. The quantitative estimate of drug-likeness (QED) is 0.215. The number of fused-ring (bicyclic) bond motifs is 1. The van der Waals surface area contributed by atoms with Crippen molar-refractivity contribution < 1.29 is 9.59 Å². The van der Waals surface area contributed by atoms with Crippen molar-refractivity contribution in [2.24, 2.45) is 5.92 Å². The number of amides is 2. The lowest BCUT2D eigenvalue weighted by atomic mass is 10.1. The Morgan fingerprint density at radius 1 is 0.829 bits per heavy atom. The van der Waals surface area contributed by atoms with E-state index in [-0.39, 0.29) is 10.6 Å². The molecule has 1 heterocycles. The summed E-state index contributed by atoms with van der Waals surface area (Å²) in [5.41, 5.74) is 2.74. The summed E-state index contributed by atoms with van der Waals surface area (Å²) in [7, 11) is 0. The fourth-order valence-electron chi connectivity index (χ4n) is 4.14. The van der Waals surface area contributed by atoms with Crippen molar-refractivity contribution in [1.29, 1.82) is 0 Å². The summed E-state index contributed by atoms with van der Waals surface area (Å²) in [6.07, 6.45) is 1.82. The number of halogens is 5.